The Hall–Kier alpha value is -2.24. The lowest BCUT2D eigenvalue weighted by Crippen LogP contribution is -2.02. The Bertz CT molecular complexity index is 1040. The number of fused-ring (bicyclic) bond motifs is 1. The molecular formula is C20H18ClN3OS. The van der Waals surface area contributed by atoms with Gasteiger partial charge >= 0.3 is 0 Å². The second-order valence-corrected chi connectivity index (χ2v) is 7.57. The summed E-state index contributed by atoms with van der Waals surface area (Å²) in [7, 11) is 0. The van der Waals surface area contributed by atoms with Gasteiger partial charge in [-0.2, -0.15) is 0 Å². The Balaban J connectivity index is 1.68. The van der Waals surface area contributed by atoms with Crippen molar-refractivity contribution in [3.63, 3.8) is 0 Å². The Morgan fingerprint density at radius 1 is 1.12 bits per heavy atom. The van der Waals surface area contributed by atoms with E-state index in [-0.39, 0.29) is 0 Å². The molecule has 6 heteroatoms. The first-order valence-electron chi connectivity index (χ1n) is 8.33. The number of aryl methyl sites for hydroxylation is 1. The molecule has 0 aliphatic carbocycles. The predicted molar refractivity (Wildman–Crippen MR) is 106 cm³/mol. The van der Waals surface area contributed by atoms with E-state index in [4.69, 9.17) is 16.0 Å². The zero-order valence-corrected chi connectivity index (χ0v) is 16.1. The van der Waals surface area contributed by atoms with Gasteiger partial charge in [-0.05, 0) is 49.2 Å². The molecule has 0 aliphatic heterocycles. The molecule has 132 valence electrons. The molecule has 0 N–H and O–H groups in total. The van der Waals surface area contributed by atoms with Crippen LogP contribution in [-0.2, 0) is 12.3 Å². The first-order chi connectivity index (χ1) is 12.6. The molecule has 1 aromatic carbocycles. The largest absolute Gasteiger partial charge is 0.467 e. The summed E-state index contributed by atoms with van der Waals surface area (Å²) < 4.78 is 7.71. The van der Waals surface area contributed by atoms with Crippen LogP contribution in [0.2, 0.25) is 5.02 Å². The maximum atomic E-state index is 5.97. The molecule has 0 spiro atoms. The summed E-state index contributed by atoms with van der Waals surface area (Å²) in [6.07, 6.45) is 3.34. The average molecular weight is 384 g/mol. The molecule has 0 aliphatic rings. The van der Waals surface area contributed by atoms with Gasteiger partial charge in [-0.1, -0.05) is 23.7 Å². The number of halogens is 1. The van der Waals surface area contributed by atoms with Gasteiger partial charge in [0.05, 0.1) is 18.2 Å². The van der Waals surface area contributed by atoms with Crippen LogP contribution in [-0.4, -0.2) is 14.5 Å². The molecule has 0 fully saturated rings. The zero-order chi connectivity index (χ0) is 18.1. The van der Waals surface area contributed by atoms with Crippen LogP contribution in [0.4, 0.5) is 0 Å². The van der Waals surface area contributed by atoms with Crippen molar-refractivity contribution in [3.8, 4) is 0 Å². The Morgan fingerprint density at radius 2 is 1.92 bits per heavy atom. The minimum Gasteiger partial charge on any atom is -0.467 e. The third-order valence-electron chi connectivity index (χ3n) is 4.55. The lowest BCUT2D eigenvalue weighted by atomic mass is 10.2. The van der Waals surface area contributed by atoms with Crippen LogP contribution in [0.3, 0.4) is 0 Å². The molecule has 4 nitrogen and oxygen atoms in total. The highest BCUT2D eigenvalue weighted by molar-refractivity contribution is 7.98. The van der Waals surface area contributed by atoms with Crippen molar-refractivity contribution in [2.75, 3.05) is 0 Å². The van der Waals surface area contributed by atoms with Crippen molar-refractivity contribution in [1.29, 1.82) is 0 Å². The second kappa shape index (κ2) is 7.17. The van der Waals surface area contributed by atoms with Crippen molar-refractivity contribution in [3.05, 3.63) is 76.6 Å². The van der Waals surface area contributed by atoms with Crippen molar-refractivity contribution >= 4 is 34.4 Å². The smallest absolute Gasteiger partial charge is 0.145 e. The van der Waals surface area contributed by atoms with E-state index in [1.165, 1.54) is 16.8 Å². The number of furan rings is 1. The summed E-state index contributed by atoms with van der Waals surface area (Å²) in [5.74, 6) is 1.75. The lowest BCUT2D eigenvalue weighted by Gasteiger charge is -2.06. The molecule has 26 heavy (non-hydrogen) atoms. The highest BCUT2D eigenvalue weighted by Gasteiger charge is 2.17. The maximum Gasteiger partial charge on any atom is 0.145 e. The standard InChI is InChI=1S/C20H18ClN3OS/c1-13-14(2)24(10-17-4-3-9-25-17)19-18(13)20(23-12-22-19)26-11-15-5-7-16(21)8-6-15/h3-9,12H,10-11H2,1-2H3. The summed E-state index contributed by atoms with van der Waals surface area (Å²) in [5, 5.41) is 2.88. The van der Waals surface area contributed by atoms with Gasteiger partial charge in [0.25, 0.3) is 0 Å². The summed E-state index contributed by atoms with van der Waals surface area (Å²) in [6.45, 7) is 4.92. The van der Waals surface area contributed by atoms with E-state index in [1.807, 2.05) is 36.4 Å². The van der Waals surface area contributed by atoms with Crippen molar-refractivity contribution in [1.82, 2.24) is 14.5 Å². The van der Waals surface area contributed by atoms with E-state index >= 15 is 0 Å². The molecule has 0 atom stereocenters. The first-order valence-corrected chi connectivity index (χ1v) is 9.70. The highest BCUT2D eigenvalue weighted by atomic mass is 35.5. The van der Waals surface area contributed by atoms with Crippen LogP contribution in [0.5, 0.6) is 0 Å². The van der Waals surface area contributed by atoms with E-state index in [0.29, 0.717) is 6.54 Å². The molecule has 0 saturated carbocycles. The number of thioether (sulfide) groups is 1. The van der Waals surface area contributed by atoms with Gasteiger partial charge in [-0.25, -0.2) is 9.97 Å². The normalized spacial score (nSPS) is 11.3. The zero-order valence-electron chi connectivity index (χ0n) is 14.6. The minimum absolute atomic E-state index is 0.668. The van der Waals surface area contributed by atoms with Gasteiger partial charge in [0.1, 0.15) is 22.8 Å². The fourth-order valence-electron chi connectivity index (χ4n) is 3.03. The van der Waals surface area contributed by atoms with Crippen LogP contribution in [0, 0.1) is 13.8 Å². The molecule has 4 rings (SSSR count). The molecule has 3 heterocycles. The molecule has 0 saturated heterocycles. The fraction of sp³-hybridized carbons (Fsp3) is 0.200. The second-order valence-electron chi connectivity index (χ2n) is 6.17. The summed E-state index contributed by atoms with van der Waals surface area (Å²) in [4.78, 5) is 9.09. The minimum atomic E-state index is 0.668. The Labute approximate surface area is 161 Å². The van der Waals surface area contributed by atoms with Crippen LogP contribution in [0.15, 0.2) is 58.4 Å². The number of rotatable bonds is 5. The quantitative estimate of drug-likeness (QED) is 0.330. The summed E-state index contributed by atoms with van der Waals surface area (Å²) >= 11 is 7.69. The van der Waals surface area contributed by atoms with Crippen LogP contribution < -0.4 is 0 Å². The van der Waals surface area contributed by atoms with Crippen LogP contribution in [0.25, 0.3) is 11.0 Å². The summed E-state index contributed by atoms with van der Waals surface area (Å²) in [6, 6.07) is 11.8. The first kappa shape index (κ1) is 17.2. The number of benzene rings is 1. The van der Waals surface area contributed by atoms with E-state index in [9.17, 15) is 0 Å². The molecule has 0 bridgehead atoms. The van der Waals surface area contributed by atoms with E-state index < -0.39 is 0 Å². The third-order valence-corrected chi connectivity index (χ3v) is 5.87. The predicted octanol–water partition coefficient (Wildman–Crippen LogP) is 5.64. The maximum absolute atomic E-state index is 5.97. The molecule has 0 amide bonds. The summed E-state index contributed by atoms with van der Waals surface area (Å²) in [5.41, 5.74) is 4.57. The third kappa shape index (κ3) is 3.24. The lowest BCUT2D eigenvalue weighted by molar-refractivity contribution is 0.494. The topological polar surface area (TPSA) is 43.9 Å². The van der Waals surface area contributed by atoms with Gasteiger partial charge in [0, 0.05) is 16.5 Å². The number of nitrogens with zero attached hydrogens (tertiary/aromatic N) is 3. The van der Waals surface area contributed by atoms with Gasteiger partial charge < -0.3 is 8.98 Å². The fourth-order valence-corrected chi connectivity index (χ4v) is 4.16. The highest BCUT2D eigenvalue weighted by Crippen LogP contribution is 2.33. The van der Waals surface area contributed by atoms with Crippen LogP contribution >= 0.6 is 23.4 Å². The van der Waals surface area contributed by atoms with E-state index in [2.05, 4.69) is 28.4 Å². The van der Waals surface area contributed by atoms with Gasteiger partial charge in [0.15, 0.2) is 0 Å². The van der Waals surface area contributed by atoms with E-state index in [0.717, 1.165) is 32.6 Å². The molecule has 3 aromatic heterocycles. The van der Waals surface area contributed by atoms with E-state index in [1.54, 1.807) is 24.4 Å². The van der Waals surface area contributed by atoms with Gasteiger partial charge in [-0.15, -0.1) is 11.8 Å². The molecular weight excluding hydrogens is 366 g/mol. The number of hydrogen-bond donors (Lipinski definition) is 0. The average Bonchev–Trinajstić information content (AvgIpc) is 3.25. The number of aromatic nitrogens is 3. The van der Waals surface area contributed by atoms with Gasteiger partial charge in [0.2, 0.25) is 0 Å². The molecule has 0 radical (unpaired) electrons. The van der Waals surface area contributed by atoms with Crippen LogP contribution in [0.1, 0.15) is 22.6 Å². The van der Waals surface area contributed by atoms with Crippen molar-refractivity contribution in [2.45, 2.75) is 31.2 Å². The van der Waals surface area contributed by atoms with Crippen molar-refractivity contribution in [2.24, 2.45) is 0 Å². The number of hydrogen-bond acceptors (Lipinski definition) is 4. The SMILES string of the molecule is Cc1c(C)n(Cc2ccco2)c2ncnc(SCc3ccc(Cl)cc3)c12. The Kier molecular flexibility index (Phi) is 4.74. The van der Waals surface area contributed by atoms with Gasteiger partial charge in [-0.3, -0.25) is 0 Å². The molecule has 0 unspecified atom stereocenters. The Morgan fingerprint density at radius 3 is 2.65 bits per heavy atom. The van der Waals surface area contributed by atoms with Crippen molar-refractivity contribution < 1.29 is 4.42 Å². The molecule has 4 aromatic rings. The monoisotopic (exact) mass is 383 g/mol.